The Morgan fingerprint density at radius 3 is 1.88 bits per heavy atom. The van der Waals surface area contributed by atoms with E-state index in [4.69, 9.17) is 9.97 Å². The highest BCUT2D eigenvalue weighted by atomic mass is 15.2. The molecule has 12 rings (SSSR count). The second-order valence-corrected chi connectivity index (χ2v) is 14.6. The van der Waals surface area contributed by atoms with Gasteiger partial charge in [0.2, 0.25) is 5.95 Å². The number of aromatic nitrogens is 4. The van der Waals surface area contributed by atoms with E-state index in [1.165, 1.54) is 49.0 Å². The Morgan fingerprint density at radius 2 is 1.00 bits per heavy atom. The van der Waals surface area contributed by atoms with Gasteiger partial charge in [0.1, 0.15) is 5.65 Å². The van der Waals surface area contributed by atoms with Crippen LogP contribution in [-0.2, 0) is 0 Å². The minimum absolute atomic E-state index is 0.639. The van der Waals surface area contributed by atoms with Crippen LogP contribution in [0, 0.1) is 0 Å². The molecule has 260 valence electrons. The van der Waals surface area contributed by atoms with Crippen LogP contribution >= 0.6 is 0 Å². The molecule has 0 N–H and O–H groups in total. The number of nitrogens with zero attached hydrogens (tertiary/aromatic N) is 4. The van der Waals surface area contributed by atoms with Crippen LogP contribution in [0.2, 0.25) is 0 Å². The van der Waals surface area contributed by atoms with Crippen LogP contribution in [0.3, 0.4) is 0 Å². The molecule has 0 fully saturated rings. The van der Waals surface area contributed by atoms with Crippen molar-refractivity contribution < 1.29 is 0 Å². The van der Waals surface area contributed by atoms with Crippen LogP contribution in [0.4, 0.5) is 0 Å². The number of rotatable bonds is 4. The summed E-state index contributed by atoms with van der Waals surface area (Å²) in [6.07, 6.45) is 0. The van der Waals surface area contributed by atoms with Gasteiger partial charge in [-0.15, -0.1) is 0 Å². The Morgan fingerprint density at radius 1 is 0.357 bits per heavy atom. The molecular formula is C52H32N4. The summed E-state index contributed by atoms with van der Waals surface area (Å²) in [5.41, 5.74) is 12.0. The van der Waals surface area contributed by atoms with Crippen molar-refractivity contribution in [3.05, 3.63) is 194 Å². The van der Waals surface area contributed by atoms with Crippen molar-refractivity contribution in [3.63, 3.8) is 0 Å². The van der Waals surface area contributed by atoms with Crippen LogP contribution in [0.5, 0.6) is 0 Å². The van der Waals surface area contributed by atoms with Crippen LogP contribution in [0.1, 0.15) is 0 Å². The summed E-state index contributed by atoms with van der Waals surface area (Å²) in [5, 5.41) is 9.30. The van der Waals surface area contributed by atoms with Crippen LogP contribution in [0.15, 0.2) is 194 Å². The number of hydrogen-bond donors (Lipinski definition) is 0. The van der Waals surface area contributed by atoms with Crippen molar-refractivity contribution in [2.24, 2.45) is 0 Å². The fourth-order valence-electron chi connectivity index (χ4n) is 8.95. The van der Waals surface area contributed by atoms with E-state index in [2.05, 4.69) is 203 Å². The minimum Gasteiger partial charge on any atom is -0.294 e. The van der Waals surface area contributed by atoms with Gasteiger partial charge < -0.3 is 0 Å². The third kappa shape index (κ3) is 4.53. The molecule has 4 aromatic heterocycles. The zero-order valence-corrected chi connectivity index (χ0v) is 30.3. The molecule has 4 heterocycles. The van der Waals surface area contributed by atoms with Crippen LogP contribution in [-0.4, -0.2) is 18.9 Å². The summed E-state index contributed by atoms with van der Waals surface area (Å²) < 4.78 is 4.74. The molecule has 8 aromatic carbocycles. The SMILES string of the molecule is c1ccc(-c2cccc(-c3ccc4c(c3)c3c5ccccc5c5cc6ccccc6n5c3n4-c3nc(-c4cccc5ccccc45)c4ccccc4n3)c2)cc1. The van der Waals surface area contributed by atoms with Gasteiger partial charge in [-0.1, -0.05) is 158 Å². The van der Waals surface area contributed by atoms with Gasteiger partial charge in [-0.2, -0.15) is 0 Å². The molecule has 0 aliphatic rings. The van der Waals surface area contributed by atoms with E-state index in [1.54, 1.807) is 0 Å². The molecule has 0 saturated heterocycles. The Labute approximate surface area is 322 Å². The van der Waals surface area contributed by atoms with E-state index < -0.39 is 0 Å². The maximum absolute atomic E-state index is 5.58. The first kappa shape index (κ1) is 30.9. The molecular weight excluding hydrogens is 681 g/mol. The van der Waals surface area contributed by atoms with E-state index in [0.717, 1.165) is 55.3 Å². The van der Waals surface area contributed by atoms with Crippen LogP contribution in [0.25, 0.3) is 110 Å². The van der Waals surface area contributed by atoms with Gasteiger partial charge in [0, 0.05) is 32.5 Å². The second-order valence-electron chi connectivity index (χ2n) is 14.6. The predicted octanol–water partition coefficient (Wildman–Crippen LogP) is 13.4. The number of benzene rings is 8. The number of hydrogen-bond acceptors (Lipinski definition) is 2. The summed E-state index contributed by atoms with van der Waals surface area (Å²) in [6.45, 7) is 0. The summed E-state index contributed by atoms with van der Waals surface area (Å²) in [4.78, 5) is 11.0. The Balaban J connectivity index is 1.24. The quantitative estimate of drug-likeness (QED) is 0.182. The van der Waals surface area contributed by atoms with Crippen molar-refractivity contribution >= 4 is 70.8 Å². The summed E-state index contributed by atoms with van der Waals surface area (Å²) in [6, 6.07) is 69.6. The minimum atomic E-state index is 0.639. The molecule has 0 bridgehead atoms. The lowest BCUT2D eigenvalue weighted by molar-refractivity contribution is 0.992. The molecule has 0 radical (unpaired) electrons. The zero-order valence-electron chi connectivity index (χ0n) is 30.3. The third-order valence-corrected chi connectivity index (χ3v) is 11.5. The maximum atomic E-state index is 5.58. The smallest absolute Gasteiger partial charge is 0.236 e. The van der Waals surface area contributed by atoms with Crippen LogP contribution < -0.4 is 0 Å². The monoisotopic (exact) mass is 712 g/mol. The molecule has 0 amide bonds. The zero-order chi connectivity index (χ0) is 36.7. The molecule has 0 aliphatic heterocycles. The Hall–Kier alpha value is -7.56. The fraction of sp³-hybridized carbons (Fsp3) is 0. The first-order chi connectivity index (χ1) is 27.8. The maximum Gasteiger partial charge on any atom is 0.236 e. The van der Waals surface area contributed by atoms with Gasteiger partial charge in [-0.3, -0.25) is 8.97 Å². The van der Waals surface area contributed by atoms with Crippen molar-refractivity contribution in [1.82, 2.24) is 18.9 Å². The molecule has 4 nitrogen and oxygen atoms in total. The van der Waals surface area contributed by atoms with Crippen molar-refractivity contribution in [3.8, 4) is 39.5 Å². The van der Waals surface area contributed by atoms with E-state index in [9.17, 15) is 0 Å². The molecule has 0 atom stereocenters. The lowest BCUT2D eigenvalue weighted by Gasteiger charge is -2.14. The highest BCUT2D eigenvalue weighted by molar-refractivity contribution is 6.25. The van der Waals surface area contributed by atoms with E-state index in [0.29, 0.717) is 5.95 Å². The summed E-state index contributed by atoms with van der Waals surface area (Å²) >= 11 is 0. The highest BCUT2D eigenvalue weighted by Gasteiger charge is 2.24. The standard InChI is InChI=1S/C52H32N4/c1-2-14-33(15-3-1)35-19-12-20-36(30-35)37-28-29-47-44(31-37)49-41-23-8-7-22-40(41)48-32-38-17-5-11-27-46(38)55(48)51(49)56(47)52-53-45-26-10-9-24-43(45)50(54-52)42-25-13-18-34-16-4-6-21-39(34)42/h1-32H. The van der Waals surface area contributed by atoms with E-state index in [1.807, 2.05) is 0 Å². The number of pyridine rings is 1. The topological polar surface area (TPSA) is 35.1 Å². The number of para-hydroxylation sites is 2. The van der Waals surface area contributed by atoms with E-state index in [-0.39, 0.29) is 0 Å². The first-order valence-corrected chi connectivity index (χ1v) is 19.1. The highest BCUT2D eigenvalue weighted by Crippen LogP contribution is 2.43. The molecule has 0 saturated carbocycles. The van der Waals surface area contributed by atoms with Crippen molar-refractivity contribution in [2.75, 3.05) is 0 Å². The predicted molar refractivity (Wildman–Crippen MR) is 234 cm³/mol. The average molecular weight is 713 g/mol. The largest absolute Gasteiger partial charge is 0.294 e. The number of fused-ring (bicyclic) bond motifs is 12. The summed E-state index contributed by atoms with van der Waals surface area (Å²) in [5.74, 6) is 0.639. The lowest BCUT2D eigenvalue weighted by atomic mass is 9.97. The van der Waals surface area contributed by atoms with Gasteiger partial charge in [-0.05, 0) is 74.8 Å². The third-order valence-electron chi connectivity index (χ3n) is 11.5. The van der Waals surface area contributed by atoms with E-state index >= 15 is 0 Å². The molecule has 4 heteroatoms. The first-order valence-electron chi connectivity index (χ1n) is 19.1. The van der Waals surface area contributed by atoms with Gasteiger partial charge in [0.25, 0.3) is 0 Å². The molecule has 0 spiro atoms. The molecule has 0 unspecified atom stereocenters. The van der Waals surface area contributed by atoms with Gasteiger partial charge in [0.15, 0.2) is 0 Å². The fourth-order valence-corrected chi connectivity index (χ4v) is 8.95. The summed E-state index contributed by atoms with van der Waals surface area (Å²) in [7, 11) is 0. The van der Waals surface area contributed by atoms with Crippen molar-refractivity contribution in [1.29, 1.82) is 0 Å². The Bertz CT molecular complexity index is 3530. The van der Waals surface area contributed by atoms with Crippen molar-refractivity contribution in [2.45, 2.75) is 0 Å². The van der Waals surface area contributed by atoms with Gasteiger partial charge >= 0.3 is 0 Å². The second kappa shape index (κ2) is 12.0. The molecule has 12 aromatic rings. The average Bonchev–Trinajstić information content (AvgIpc) is 3.83. The Kier molecular flexibility index (Phi) is 6.60. The van der Waals surface area contributed by atoms with Gasteiger partial charge in [0.05, 0.1) is 27.8 Å². The van der Waals surface area contributed by atoms with Gasteiger partial charge in [-0.25, -0.2) is 9.97 Å². The normalized spacial score (nSPS) is 11.9. The lowest BCUT2D eigenvalue weighted by Crippen LogP contribution is -2.06. The molecule has 56 heavy (non-hydrogen) atoms. The molecule has 0 aliphatic carbocycles.